The summed E-state index contributed by atoms with van der Waals surface area (Å²) in [5, 5.41) is 12.4. The third kappa shape index (κ3) is 3.87. The molecule has 1 aromatic carbocycles. The molecule has 0 aliphatic carbocycles. The zero-order chi connectivity index (χ0) is 21.5. The molecular weight excluding hydrogens is 423 g/mol. The Kier molecular flexibility index (Phi) is 5.19. The largest absolute Gasteiger partial charge is 0.495 e. The van der Waals surface area contributed by atoms with Gasteiger partial charge in [-0.2, -0.15) is 13.2 Å². The van der Waals surface area contributed by atoms with Gasteiger partial charge in [0.1, 0.15) is 11.6 Å². The standard InChI is InChI=1S/C19H17ClF3N5O2/c1-10-7-24-13-5-12(20)15(29-2)6-14(13)28-17(10)26-27-18(28)11-3-4-16(25-8-11)30-9-19(21,22)23/h3-6,8,10,24H,7,9H2,1-2H3/t10-/m0/s1. The van der Waals surface area contributed by atoms with Crippen LogP contribution in [0.25, 0.3) is 17.1 Å². The summed E-state index contributed by atoms with van der Waals surface area (Å²) in [4.78, 5) is 3.97. The Bertz CT molecular complexity index is 1070. The van der Waals surface area contributed by atoms with E-state index in [0.717, 1.165) is 17.2 Å². The summed E-state index contributed by atoms with van der Waals surface area (Å²) in [6.07, 6.45) is -3.03. The van der Waals surface area contributed by atoms with E-state index in [1.54, 1.807) is 18.2 Å². The Labute approximate surface area is 174 Å². The van der Waals surface area contributed by atoms with Gasteiger partial charge in [-0.05, 0) is 12.1 Å². The smallest absolute Gasteiger partial charge is 0.422 e. The van der Waals surface area contributed by atoms with Gasteiger partial charge in [0, 0.05) is 36.4 Å². The fraction of sp³-hybridized carbons (Fsp3) is 0.316. The number of aromatic nitrogens is 4. The number of halogens is 4. The molecule has 3 aromatic rings. The number of anilines is 1. The second kappa shape index (κ2) is 7.67. The number of rotatable bonds is 4. The third-order valence-electron chi connectivity index (χ3n) is 4.62. The molecule has 1 aliphatic rings. The maximum absolute atomic E-state index is 12.3. The first-order valence-corrected chi connectivity index (χ1v) is 9.37. The number of hydrogen-bond donors (Lipinski definition) is 1. The SMILES string of the molecule is COc1cc2c(cc1Cl)NC[C@H](C)c1nnc(-c3ccc(OCC(F)(F)F)nc3)n1-2. The average Bonchev–Trinajstić information content (AvgIpc) is 3.10. The molecule has 7 nitrogen and oxygen atoms in total. The fourth-order valence-corrected chi connectivity index (χ4v) is 3.41. The summed E-state index contributed by atoms with van der Waals surface area (Å²) in [6.45, 7) is 1.22. The number of hydrogen-bond acceptors (Lipinski definition) is 6. The molecule has 0 bridgehead atoms. The Hall–Kier alpha value is -3.01. The lowest BCUT2D eigenvalue weighted by molar-refractivity contribution is -0.154. The van der Waals surface area contributed by atoms with E-state index in [1.165, 1.54) is 19.4 Å². The van der Waals surface area contributed by atoms with Gasteiger partial charge < -0.3 is 14.8 Å². The number of benzene rings is 1. The molecule has 30 heavy (non-hydrogen) atoms. The van der Waals surface area contributed by atoms with E-state index in [2.05, 4.69) is 25.2 Å². The highest BCUT2D eigenvalue weighted by molar-refractivity contribution is 6.32. The number of methoxy groups -OCH3 is 1. The Morgan fingerprint density at radius 1 is 1.27 bits per heavy atom. The second-order valence-corrected chi connectivity index (χ2v) is 7.20. The Morgan fingerprint density at radius 2 is 2.07 bits per heavy atom. The number of fused-ring (bicyclic) bond motifs is 3. The zero-order valence-electron chi connectivity index (χ0n) is 16.0. The molecule has 158 valence electrons. The highest BCUT2D eigenvalue weighted by Gasteiger charge is 2.29. The molecule has 11 heteroatoms. The van der Waals surface area contributed by atoms with Crippen molar-refractivity contribution in [1.29, 1.82) is 0 Å². The van der Waals surface area contributed by atoms with Crippen LogP contribution in [0.4, 0.5) is 18.9 Å². The predicted octanol–water partition coefficient (Wildman–Crippen LogP) is 4.46. The van der Waals surface area contributed by atoms with Crippen LogP contribution in [-0.4, -0.2) is 46.2 Å². The van der Waals surface area contributed by atoms with E-state index in [0.29, 0.717) is 28.7 Å². The summed E-state index contributed by atoms with van der Waals surface area (Å²) >= 11 is 6.28. The van der Waals surface area contributed by atoms with E-state index < -0.39 is 12.8 Å². The summed E-state index contributed by atoms with van der Waals surface area (Å²) in [5.74, 6) is 1.60. The van der Waals surface area contributed by atoms with E-state index in [9.17, 15) is 13.2 Å². The lowest BCUT2D eigenvalue weighted by Crippen LogP contribution is -2.19. The molecule has 1 atom stereocenters. The summed E-state index contributed by atoms with van der Waals surface area (Å²) < 4.78 is 48.9. The van der Waals surface area contributed by atoms with Gasteiger partial charge in [0.05, 0.1) is 23.5 Å². The van der Waals surface area contributed by atoms with E-state index in [-0.39, 0.29) is 11.8 Å². The summed E-state index contributed by atoms with van der Waals surface area (Å²) in [7, 11) is 1.53. The fourth-order valence-electron chi connectivity index (χ4n) is 3.17. The van der Waals surface area contributed by atoms with Gasteiger partial charge in [-0.1, -0.05) is 18.5 Å². The number of alkyl halides is 3. The maximum Gasteiger partial charge on any atom is 0.422 e. The number of ether oxygens (including phenoxy) is 2. The van der Waals surface area contributed by atoms with Crippen molar-refractivity contribution in [3.8, 4) is 28.7 Å². The summed E-state index contributed by atoms with van der Waals surface area (Å²) in [5.41, 5.74) is 2.10. The van der Waals surface area contributed by atoms with E-state index in [4.69, 9.17) is 16.3 Å². The van der Waals surface area contributed by atoms with Crippen LogP contribution < -0.4 is 14.8 Å². The number of nitrogens with one attached hydrogen (secondary N) is 1. The zero-order valence-corrected chi connectivity index (χ0v) is 16.8. The molecule has 0 radical (unpaired) electrons. The molecular formula is C19H17ClF3N5O2. The minimum absolute atomic E-state index is 0.0331. The molecule has 3 heterocycles. The molecule has 1 aliphatic heterocycles. The Morgan fingerprint density at radius 3 is 2.73 bits per heavy atom. The van der Waals surface area contributed by atoms with Crippen LogP contribution >= 0.6 is 11.6 Å². The lowest BCUT2D eigenvalue weighted by atomic mass is 10.1. The van der Waals surface area contributed by atoms with Gasteiger partial charge in [0.15, 0.2) is 12.4 Å². The predicted molar refractivity (Wildman–Crippen MR) is 105 cm³/mol. The summed E-state index contributed by atoms with van der Waals surface area (Å²) in [6, 6.07) is 6.51. The number of nitrogens with zero attached hydrogens (tertiary/aromatic N) is 4. The van der Waals surface area contributed by atoms with Gasteiger partial charge in [0.25, 0.3) is 0 Å². The van der Waals surface area contributed by atoms with Crippen molar-refractivity contribution >= 4 is 17.3 Å². The first-order valence-electron chi connectivity index (χ1n) is 9.00. The first-order chi connectivity index (χ1) is 14.3. The van der Waals surface area contributed by atoms with Crippen molar-refractivity contribution in [3.05, 3.63) is 41.3 Å². The van der Waals surface area contributed by atoms with Crippen molar-refractivity contribution in [1.82, 2.24) is 19.7 Å². The second-order valence-electron chi connectivity index (χ2n) is 6.79. The quantitative estimate of drug-likeness (QED) is 0.647. The van der Waals surface area contributed by atoms with Crippen molar-refractivity contribution in [2.75, 3.05) is 25.6 Å². The lowest BCUT2D eigenvalue weighted by Gasteiger charge is -2.15. The minimum Gasteiger partial charge on any atom is -0.495 e. The van der Waals surface area contributed by atoms with Gasteiger partial charge in [-0.15, -0.1) is 10.2 Å². The van der Waals surface area contributed by atoms with Crippen molar-refractivity contribution in [3.63, 3.8) is 0 Å². The topological polar surface area (TPSA) is 74.1 Å². The highest BCUT2D eigenvalue weighted by atomic mass is 35.5. The van der Waals surface area contributed by atoms with Crippen LogP contribution in [0, 0.1) is 0 Å². The molecule has 0 saturated carbocycles. The van der Waals surface area contributed by atoms with Crippen molar-refractivity contribution in [2.45, 2.75) is 19.0 Å². The molecule has 0 fully saturated rings. The van der Waals surface area contributed by atoms with Gasteiger partial charge in [-0.25, -0.2) is 4.98 Å². The van der Waals surface area contributed by atoms with Crippen LogP contribution in [0.1, 0.15) is 18.7 Å². The maximum atomic E-state index is 12.3. The normalized spacial score (nSPS) is 15.6. The van der Waals surface area contributed by atoms with E-state index >= 15 is 0 Å². The molecule has 0 unspecified atom stereocenters. The van der Waals surface area contributed by atoms with Crippen LogP contribution in [0.3, 0.4) is 0 Å². The van der Waals surface area contributed by atoms with Crippen LogP contribution in [-0.2, 0) is 0 Å². The van der Waals surface area contributed by atoms with Crippen molar-refractivity contribution in [2.24, 2.45) is 0 Å². The molecule has 2 aromatic heterocycles. The Balaban J connectivity index is 1.76. The van der Waals surface area contributed by atoms with Crippen LogP contribution in [0.2, 0.25) is 5.02 Å². The first kappa shape index (κ1) is 20.3. The highest BCUT2D eigenvalue weighted by Crippen LogP contribution is 2.39. The molecule has 0 saturated heterocycles. The van der Waals surface area contributed by atoms with Crippen LogP contribution in [0.5, 0.6) is 11.6 Å². The minimum atomic E-state index is -4.43. The molecule has 0 amide bonds. The van der Waals surface area contributed by atoms with Crippen molar-refractivity contribution < 1.29 is 22.6 Å². The van der Waals surface area contributed by atoms with E-state index in [1.807, 2.05) is 11.5 Å². The van der Waals surface area contributed by atoms with Crippen LogP contribution in [0.15, 0.2) is 30.5 Å². The third-order valence-corrected chi connectivity index (χ3v) is 4.91. The number of pyridine rings is 1. The molecule has 1 N–H and O–H groups in total. The monoisotopic (exact) mass is 439 g/mol. The molecule has 0 spiro atoms. The average molecular weight is 440 g/mol. The van der Waals surface area contributed by atoms with Gasteiger partial charge in [-0.3, -0.25) is 4.57 Å². The van der Waals surface area contributed by atoms with Gasteiger partial charge >= 0.3 is 6.18 Å². The van der Waals surface area contributed by atoms with Gasteiger partial charge in [0.2, 0.25) is 5.88 Å². The molecule has 4 rings (SSSR count).